The van der Waals surface area contributed by atoms with Crippen molar-refractivity contribution in [2.75, 3.05) is 18.9 Å². The highest BCUT2D eigenvalue weighted by Gasteiger charge is 2.19. The van der Waals surface area contributed by atoms with Gasteiger partial charge < -0.3 is 15.2 Å². The van der Waals surface area contributed by atoms with Crippen LogP contribution in [0.15, 0.2) is 12.1 Å². The Balaban J connectivity index is 2.62. The third-order valence-electron chi connectivity index (χ3n) is 3.34. The molecule has 0 unspecified atom stereocenters. The fraction of sp³-hybridized carbons (Fsp3) is 0.500. The maximum Gasteiger partial charge on any atom is 0.332 e. The topological polar surface area (TPSA) is 61.5 Å². The molecule has 0 aliphatic heterocycles. The van der Waals surface area contributed by atoms with Gasteiger partial charge in [0.1, 0.15) is 30.7 Å². The van der Waals surface area contributed by atoms with Crippen molar-refractivity contribution in [3.05, 3.63) is 29.1 Å². The number of carbonyl (C=O) groups is 1. The Bertz CT molecular complexity index is 648. The minimum absolute atomic E-state index is 0.180. The molecule has 6 heteroatoms. The van der Waals surface area contributed by atoms with Crippen LogP contribution in [0.1, 0.15) is 25.0 Å². The van der Waals surface area contributed by atoms with Crippen LogP contribution in [0.2, 0.25) is 19.1 Å². The van der Waals surface area contributed by atoms with Crippen LogP contribution in [0.5, 0.6) is 0 Å². The number of benzene rings is 1. The Morgan fingerprint density at radius 3 is 2.67 bits per heavy atom. The summed E-state index contributed by atoms with van der Waals surface area (Å²) < 4.78 is 24.6. The zero-order valence-corrected chi connectivity index (χ0v) is 16.0. The standard InChI is InChI=1S/C18H25FNO3Si/c1-13-15(20)7-6-14(17(13)19)8-9-18(2,3)23-12-16(21)22-10-11-24(4)5/h6-7H,10-12,20H2,1-5H3/q+1. The summed E-state index contributed by atoms with van der Waals surface area (Å²) in [5, 5.41) is 0. The van der Waals surface area contributed by atoms with Crippen molar-refractivity contribution < 1.29 is 18.7 Å². The van der Waals surface area contributed by atoms with Gasteiger partial charge in [0.25, 0.3) is 0 Å². The lowest BCUT2D eigenvalue weighted by atomic mass is 10.1. The van der Waals surface area contributed by atoms with Crippen LogP contribution in [-0.2, 0) is 14.3 Å². The number of halogens is 1. The van der Waals surface area contributed by atoms with E-state index in [1.807, 2.05) is 0 Å². The van der Waals surface area contributed by atoms with Gasteiger partial charge in [-0.25, -0.2) is 9.18 Å². The van der Waals surface area contributed by atoms with Crippen LogP contribution in [0.25, 0.3) is 0 Å². The first-order chi connectivity index (χ1) is 11.1. The molecule has 0 heterocycles. The predicted octanol–water partition coefficient (Wildman–Crippen LogP) is 3.16. The largest absolute Gasteiger partial charge is 0.461 e. The number of esters is 1. The first-order valence-corrected chi connectivity index (χ1v) is 10.5. The molecule has 0 radical (unpaired) electrons. The summed E-state index contributed by atoms with van der Waals surface area (Å²) in [5.74, 6) is 4.74. The minimum atomic E-state index is -0.898. The molecule has 4 nitrogen and oxygen atoms in total. The van der Waals surface area contributed by atoms with Crippen LogP contribution < -0.4 is 5.73 Å². The summed E-state index contributed by atoms with van der Waals surface area (Å²) >= 11 is 0. The summed E-state index contributed by atoms with van der Waals surface area (Å²) in [6, 6.07) is 4.06. The Morgan fingerprint density at radius 1 is 1.38 bits per heavy atom. The summed E-state index contributed by atoms with van der Waals surface area (Å²) in [4.78, 5) is 11.6. The van der Waals surface area contributed by atoms with Crippen molar-refractivity contribution in [1.82, 2.24) is 0 Å². The summed E-state index contributed by atoms with van der Waals surface area (Å²) in [5.41, 5.74) is 5.76. The first kappa shape index (κ1) is 20.2. The van der Waals surface area contributed by atoms with E-state index in [9.17, 15) is 9.18 Å². The molecule has 0 atom stereocenters. The van der Waals surface area contributed by atoms with Gasteiger partial charge in [0, 0.05) is 11.3 Å². The molecule has 0 bridgehead atoms. The monoisotopic (exact) mass is 350 g/mol. The summed E-state index contributed by atoms with van der Waals surface area (Å²) in [7, 11) is -0.407. The average Bonchev–Trinajstić information content (AvgIpc) is 2.50. The Hall–Kier alpha value is -1.84. The van der Waals surface area contributed by atoms with Crippen molar-refractivity contribution >= 4 is 20.5 Å². The molecular weight excluding hydrogens is 325 g/mol. The van der Waals surface area contributed by atoms with Gasteiger partial charge in [-0.15, -0.1) is 0 Å². The van der Waals surface area contributed by atoms with Gasteiger partial charge in [0.15, 0.2) is 0 Å². The van der Waals surface area contributed by atoms with E-state index >= 15 is 0 Å². The molecule has 0 aromatic heterocycles. The van der Waals surface area contributed by atoms with Gasteiger partial charge in [-0.3, -0.25) is 0 Å². The van der Waals surface area contributed by atoms with Gasteiger partial charge in [-0.05, 0) is 32.9 Å². The zero-order chi connectivity index (χ0) is 18.3. The molecule has 0 aliphatic rings. The van der Waals surface area contributed by atoms with Crippen molar-refractivity contribution in [3.63, 3.8) is 0 Å². The highest BCUT2D eigenvalue weighted by atomic mass is 28.3. The smallest absolute Gasteiger partial charge is 0.332 e. The van der Waals surface area contributed by atoms with E-state index in [0.29, 0.717) is 17.9 Å². The van der Waals surface area contributed by atoms with E-state index in [2.05, 4.69) is 24.9 Å². The van der Waals surface area contributed by atoms with Crippen molar-refractivity contribution in [2.45, 2.75) is 45.5 Å². The van der Waals surface area contributed by atoms with Gasteiger partial charge in [0.05, 0.1) is 18.7 Å². The predicted molar refractivity (Wildman–Crippen MR) is 95.7 cm³/mol. The van der Waals surface area contributed by atoms with Crippen LogP contribution in [-0.4, -0.2) is 33.6 Å². The number of ether oxygens (including phenoxy) is 2. The summed E-state index contributed by atoms with van der Waals surface area (Å²) in [6.07, 6.45) is 0. The maximum atomic E-state index is 14.1. The van der Waals surface area contributed by atoms with Crippen LogP contribution in [0.3, 0.4) is 0 Å². The lowest BCUT2D eigenvalue weighted by Crippen LogP contribution is -2.27. The Morgan fingerprint density at radius 2 is 2.04 bits per heavy atom. The van der Waals surface area contributed by atoms with E-state index < -0.39 is 26.2 Å². The molecule has 0 saturated carbocycles. The molecule has 1 rings (SSSR count). The third kappa shape index (κ3) is 6.73. The fourth-order valence-corrected chi connectivity index (χ4v) is 2.21. The molecule has 0 saturated heterocycles. The van der Waals surface area contributed by atoms with Crippen molar-refractivity contribution in [3.8, 4) is 11.8 Å². The van der Waals surface area contributed by atoms with E-state index in [1.54, 1.807) is 26.8 Å². The Labute approximate surface area is 145 Å². The molecule has 0 amide bonds. The van der Waals surface area contributed by atoms with Crippen LogP contribution >= 0.6 is 0 Å². The van der Waals surface area contributed by atoms with E-state index in [0.717, 1.165) is 6.04 Å². The molecule has 24 heavy (non-hydrogen) atoms. The number of carbonyl (C=O) groups excluding carboxylic acids is 1. The second kappa shape index (κ2) is 8.86. The van der Waals surface area contributed by atoms with Crippen molar-refractivity contribution in [2.24, 2.45) is 0 Å². The van der Waals surface area contributed by atoms with Gasteiger partial charge >= 0.3 is 14.8 Å². The van der Waals surface area contributed by atoms with Crippen molar-refractivity contribution in [1.29, 1.82) is 0 Å². The quantitative estimate of drug-likeness (QED) is 0.370. The summed E-state index contributed by atoms with van der Waals surface area (Å²) in [6.45, 7) is 9.60. The maximum absolute atomic E-state index is 14.1. The number of nitrogen functional groups attached to an aromatic ring is 1. The number of nitrogens with two attached hydrogens (primary N) is 1. The second-order valence-electron chi connectivity index (χ2n) is 6.37. The van der Waals surface area contributed by atoms with Gasteiger partial charge in [0.2, 0.25) is 0 Å². The Kier molecular flexibility index (Phi) is 7.45. The third-order valence-corrected chi connectivity index (χ3v) is 4.55. The number of rotatable bonds is 6. The SMILES string of the molecule is Cc1c(N)ccc(C#CC(C)(C)OCC(=O)OCC[Si+](C)C)c1F. The second-order valence-corrected chi connectivity index (χ2v) is 9.28. The van der Waals surface area contributed by atoms with Crippen LogP contribution in [0, 0.1) is 24.6 Å². The van der Waals surface area contributed by atoms with Gasteiger partial charge in [-0.2, -0.15) is 0 Å². The van der Waals surface area contributed by atoms with E-state index in [-0.39, 0.29) is 12.2 Å². The normalized spacial score (nSPS) is 10.8. The first-order valence-electron chi connectivity index (χ1n) is 7.79. The zero-order valence-electron chi connectivity index (χ0n) is 15.0. The molecule has 1 aromatic rings. The lowest BCUT2D eigenvalue weighted by Gasteiger charge is -2.18. The van der Waals surface area contributed by atoms with E-state index in [4.69, 9.17) is 15.2 Å². The average molecular weight is 350 g/mol. The molecule has 0 aliphatic carbocycles. The molecule has 0 spiro atoms. The van der Waals surface area contributed by atoms with E-state index in [1.165, 1.54) is 6.07 Å². The minimum Gasteiger partial charge on any atom is -0.461 e. The number of hydrogen-bond acceptors (Lipinski definition) is 4. The molecule has 0 fully saturated rings. The fourth-order valence-electron chi connectivity index (χ4n) is 1.70. The highest BCUT2D eigenvalue weighted by molar-refractivity contribution is 6.55. The number of hydrogen-bond donors (Lipinski definition) is 1. The van der Waals surface area contributed by atoms with Gasteiger partial charge in [-0.1, -0.05) is 11.8 Å². The molecular formula is C18H25FNO3Si+. The molecule has 130 valence electrons. The highest BCUT2D eigenvalue weighted by Crippen LogP contribution is 2.18. The lowest BCUT2D eigenvalue weighted by molar-refractivity contribution is -0.151. The number of anilines is 1. The molecule has 1 aromatic carbocycles. The molecule has 2 N–H and O–H groups in total. The van der Waals surface area contributed by atoms with Crippen LogP contribution in [0.4, 0.5) is 10.1 Å².